The number of amides is 1. The number of ether oxygens (including phenoxy) is 1. The zero-order chi connectivity index (χ0) is 13.5. The van der Waals surface area contributed by atoms with Gasteiger partial charge in [-0.25, -0.2) is 0 Å². The highest BCUT2D eigenvalue weighted by Crippen LogP contribution is 2.17. The van der Waals surface area contributed by atoms with Crippen LogP contribution in [-0.4, -0.2) is 47.2 Å². The monoisotopic (exact) mass is 290 g/mol. The van der Waals surface area contributed by atoms with Crippen LogP contribution in [0.1, 0.15) is 25.7 Å². The lowest BCUT2D eigenvalue weighted by Crippen LogP contribution is -2.42. The molecule has 0 aromatic carbocycles. The molecular weight excluding hydrogens is 272 g/mol. The van der Waals surface area contributed by atoms with Crippen LogP contribution in [0.4, 0.5) is 0 Å². The Bertz CT molecular complexity index is 336. The molecular formula is C11H18N2O3S2. The molecule has 7 heteroatoms. The van der Waals surface area contributed by atoms with Gasteiger partial charge in [-0.2, -0.15) is 0 Å². The van der Waals surface area contributed by atoms with Crippen molar-refractivity contribution < 1.29 is 14.3 Å². The summed E-state index contributed by atoms with van der Waals surface area (Å²) in [5, 5.41) is 2.86. The van der Waals surface area contributed by atoms with E-state index in [2.05, 4.69) is 10.1 Å². The van der Waals surface area contributed by atoms with Crippen molar-refractivity contribution in [2.45, 2.75) is 31.8 Å². The number of thioether (sulfide) groups is 1. The van der Waals surface area contributed by atoms with Crippen LogP contribution in [0.3, 0.4) is 0 Å². The standard InChI is InChI=1S/C11H18N2O3S2/c1-13(8-5-6-9(14)12-8)11(17)18-7-3-4-10(15)16-2/h8H,3-7H2,1-2H3,(H,12,14). The molecule has 1 N–H and O–H groups in total. The van der Waals surface area contributed by atoms with Crippen LogP contribution in [-0.2, 0) is 14.3 Å². The molecule has 1 unspecified atom stereocenters. The van der Waals surface area contributed by atoms with Gasteiger partial charge < -0.3 is 15.0 Å². The number of nitrogens with zero attached hydrogens (tertiary/aromatic N) is 1. The van der Waals surface area contributed by atoms with E-state index in [9.17, 15) is 9.59 Å². The summed E-state index contributed by atoms with van der Waals surface area (Å²) in [4.78, 5) is 23.9. The van der Waals surface area contributed by atoms with Crippen molar-refractivity contribution in [2.24, 2.45) is 0 Å². The Balaban J connectivity index is 2.20. The third-order valence-corrected chi connectivity index (χ3v) is 4.38. The highest BCUT2D eigenvalue weighted by atomic mass is 32.2. The number of thiocarbonyl (C=S) groups is 1. The van der Waals surface area contributed by atoms with Crippen molar-refractivity contribution in [2.75, 3.05) is 19.9 Å². The summed E-state index contributed by atoms with van der Waals surface area (Å²) in [6.45, 7) is 0. The minimum Gasteiger partial charge on any atom is -0.469 e. The summed E-state index contributed by atoms with van der Waals surface area (Å²) in [6, 6.07) is 0. The Morgan fingerprint density at radius 1 is 1.67 bits per heavy atom. The number of methoxy groups -OCH3 is 1. The molecule has 102 valence electrons. The number of carbonyl (C=O) groups excluding carboxylic acids is 2. The first-order chi connectivity index (χ1) is 8.54. The predicted octanol–water partition coefficient (Wildman–Crippen LogP) is 1.13. The van der Waals surface area contributed by atoms with Crippen LogP contribution >= 0.6 is 24.0 Å². The Hall–Kier alpha value is -0.820. The van der Waals surface area contributed by atoms with Gasteiger partial charge in [0.1, 0.15) is 10.5 Å². The minimum absolute atomic E-state index is 0.0121. The van der Waals surface area contributed by atoms with Gasteiger partial charge in [-0.1, -0.05) is 24.0 Å². The SMILES string of the molecule is COC(=O)CCCSC(=S)N(C)C1CCC(=O)N1. The Kier molecular flexibility index (Phi) is 6.42. The number of hydrogen-bond acceptors (Lipinski definition) is 5. The second-order valence-corrected chi connectivity index (χ2v) is 5.76. The Morgan fingerprint density at radius 2 is 2.39 bits per heavy atom. The van der Waals surface area contributed by atoms with Crippen LogP contribution in [0.5, 0.6) is 0 Å². The van der Waals surface area contributed by atoms with Crippen LogP contribution < -0.4 is 5.32 Å². The molecule has 1 amide bonds. The molecule has 0 saturated carbocycles. The van der Waals surface area contributed by atoms with Crippen molar-refractivity contribution in [3.8, 4) is 0 Å². The maximum atomic E-state index is 11.1. The Labute approximate surface area is 117 Å². The van der Waals surface area contributed by atoms with E-state index in [1.165, 1.54) is 18.9 Å². The van der Waals surface area contributed by atoms with Crippen LogP contribution in [0.2, 0.25) is 0 Å². The largest absolute Gasteiger partial charge is 0.469 e. The van der Waals surface area contributed by atoms with Crippen molar-refractivity contribution in [1.29, 1.82) is 0 Å². The summed E-state index contributed by atoms with van der Waals surface area (Å²) in [5.74, 6) is 0.655. The topological polar surface area (TPSA) is 58.6 Å². The second kappa shape index (κ2) is 7.58. The first-order valence-corrected chi connectivity index (χ1v) is 7.19. The molecule has 1 aliphatic heterocycles. The molecule has 1 fully saturated rings. The van der Waals surface area contributed by atoms with Gasteiger partial charge in [-0.15, -0.1) is 0 Å². The normalized spacial score (nSPS) is 18.3. The predicted molar refractivity (Wildman–Crippen MR) is 75.2 cm³/mol. The molecule has 5 nitrogen and oxygen atoms in total. The van der Waals surface area contributed by atoms with Crippen LogP contribution in [0, 0.1) is 0 Å². The lowest BCUT2D eigenvalue weighted by Gasteiger charge is -2.26. The molecule has 1 atom stereocenters. The third-order valence-electron chi connectivity index (χ3n) is 2.71. The third kappa shape index (κ3) is 4.81. The second-order valence-electron chi connectivity index (χ2n) is 4.03. The molecule has 0 aromatic heterocycles. The first kappa shape index (κ1) is 15.2. The van der Waals surface area contributed by atoms with Crippen LogP contribution in [0.15, 0.2) is 0 Å². The molecule has 0 spiro atoms. The highest BCUT2D eigenvalue weighted by Gasteiger charge is 2.25. The van der Waals surface area contributed by atoms with E-state index in [0.717, 1.165) is 22.9 Å². The smallest absolute Gasteiger partial charge is 0.305 e. The highest BCUT2D eigenvalue weighted by molar-refractivity contribution is 8.22. The van der Waals surface area contributed by atoms with Crippen molar-refractivity contribution in [1.82, 2.24) is 10.2 Å². The molecule has 18 heavy (non-hydrogen) atoms. The summed E-state index contributed by atoms with van der Waals surface area (Å²) in [6.07, 6.45) is 2.51. The molecule has 0 aliphatic carbocycles. The van der Waals surface area contributed by atoms with Gasteiger partial charge in [0.15, 0.2) is 0 Å². The summed E-state index contributed by atoms with van der Waals surface area (Å²) in [7, 11) is 3.27. The Morgan fingerprint density at radius 3 is 2.94 bits per heavy atom. The number of rotatable bonds is 5. The number of hydrogen-bond donors (Lipinski definition) is 1. The van der Waals surface area contributed by atoms with Gasteiger partial charge in [0.05, 0.1) is 7.11 Å². The molecule has 0 aromatic rings. The molecule has 1 aliphatic rings. The fourth-order valence-corrected chi connectivity index (χ4v) is 2.77. The summed E-state index contributed by atoms with van der Waals surface area (Å²) >= 11 is 6.80. The molecule has 1 heterocycles. The van der Waals surface area contributed by atoms with E-state index in [1.54, 1.807) is 0 Å². The zero-order valence-corrected chi connectivity index (χ0v) is 12.2. The van der Waals surface area contributed by atoms with Gasteiger partial charge in [0, 0.05) is 25.6 Å². The van der Waals surface area contributed by atoms with Gasteiger partial charge >= 0.3 is 5.97 Å². The van der Waals surface area contributed by atoms with E-state index in [-0.39, 0.29) is 18.0 Å². The van der Waals surface area contributed by atoms with Gasteiger partial charge in [-0.05, 0) is 12.8 Å². The molecule has 1 rings (SSSR count). The molecule has 0 radical (unpaired) electrons. The quantitative estimate of drug-likeness (QED) is 0.465. The zero-order valence-electron chi connectivity index (χ0n) is 10.6. The maximum Gasteiger partial charge on any atom is 0.305 e. The first-order valence-electron chi connectivity index (χ1n) is 5.80. The van der Waals surface area contributed by atoms with E-state index < -0.39 is 0 Å². The van der Waals surface area contributed by atoms with E-state index >= 15 is 0 Å². The lowest BCUT2D eigenvalue weighted by molar-refractivity contribution is -0.140. The summed E-state index contributed by atoms with van der Waals surface area (Å²) < 4.78 is 5.30. The van der Waals surface area contributed by atoms with Crippen LogP contribution in [0.25, 0.3) is 0 Å². The fourth-order valence-electron chi connectivity index (χ4n) is 1.60. The van der Waals surface area contributed by atoms with E-state index in [4.69, 9.17) is 12.2 Å². The average Bonchev–Trinajstić information content (AvgIpc) is 2.79. The number of carbonyl (C=O) groups is 2. The van der Waals surface area contributed by atoms with Gasteiger partial charge in [-0.3, -0.25) is 9.59 Å². The van der Waals surface area contributed by atoms with Crippen molar-refractivity contribution in [3.05, 3.63) is 0 Å². The number of nitrogens with one attached hydrogen (secondary N) is 1. The maximum absolute atomic E-state index is 11.1. The molecule has 1 saturated heterocycles. The number of esters is 1. The molecule has 0 bridgehead atoms. The lowest BCUT2D eigenvalue weighted by atomic mass is 10.3. The summed E-state index contributed by atoms with van der Waals surface area (Å²) in [5.41, 5.74) is 0. The fraction of sp³-hybridized carbons (Fsp3) is 0.727. The van der Waals surface area contributed by atoms with Crippen molar-refractivity contribution >= 4 is 40.2 Å². The average molecular weight is 290 g/mol. The van der Waals surface area contributed by atoms with Gasteiger partial charge in [0.25, 0.3) is 0 Å². The van der Waals surface area contributed by atoms with Crippen molar-refractivity contribution in [3.63, 3.8) is 0 Å². The minimum atomic E-state index is -0.196. The van der Waals surface area contributed by atoms with Gasteiger partial charge in [0.2, 0.25) is 5.91 Å². The van der Waals surface area contributed by atoms with E-state index in [1.807, 2.05) is 11.9 Å². The van der Waals surface area contributed by atoms with E-state index in [0.29, 0.717) is 12.8 Å².